The number of nitrogens with zero attached hydrogens (tertiary/aromatic N) is 3. The van der Waals surface area contributed by atoms with Gasteiger partial charge in [0.2, 0.25) is 0 Å². The quantitative estimate of drug-likeness (QED) is 0.337. The van der Waals surface area contributed by atoms with Crippen LogP contribution in [0.25, 0.3) is 0 Å². The predicted octanol–water partition coefficient (Wildman–Crippen LogP) is 2.83. The largest absolute Gasteiger partial charge is 0.357 e. The molecule has 0 bridgehead atoms. The van der Waals surface area contributed by atoms with Gasteiger partial charge in [-0.1, -0.05) is 0 Å². The highest BCUT2D eigenvalue weighted by Gasteiger charge is 2.08. The maximum Gasteiger partial charge on any atom is 0.194 e. The van der Waals surface area contributed by atoms with Gasteiger partial charge in [-0.15, -0.1) is 35.3 Å². The van der Waals surface area contributed by atoms with Crippen LogP contribution in [-0.2, 0) is 6.54 Å². The topological polar surface area (TPSA) is 40.5 Å². The van der Waals surface area contributed by atoms with Gasteiger partial charge >= 0.3 is 0 Å². The van der Waals surface area contributed by atoms with Gasteiger partial charge in [0.05, 0.1) is 23.8 Å². The van der Waals surface area contributed by atoms with E-state index in [1.165, 1.54) is 0 Å². The molecule has 0 amide bonds. The van der Waals surface area contributed by atoms with Crippen molar-refractivity contribution in [1.29, 1.82) is 0 Å². The van der Waals surface area contributed by atoms with Gasteiger partial charge in [0, 0.05) is 24.7 Å². The molecule has 0 saturated carbocycles. The zero-order chi connectivity index (χ0) is 13.4. The molecule has 1 rings (SSSR count). The molecular weight excluding hydrogens is 391 g/mol. The van der Waals surface area contributed by atoms with Crippen LogP contribution in [0.2, 0.25) is 0 Å². The second kappa shape index (κ2) is 10.7. The van der Waals surface area contributed by atoms with Gasteiger partial charge in [-0.2, -0.15) is 11.8 Å². The van der Waals surface area contributed by atoms with E-state index in [2.05, 4.69) is 45.8 Å². The second-order valence-corrected chi connectivity index (χ2v) is 5.99. The molecule has 4 nitrogen and oxygen atoms in total. The summed E-state index contributed by atoms with van der Waals surface area (Å²) in [4.78, 5) is 11.2. The van der Waals surface area contributed by atoms with E-state index < -0.39 is 0 Å². The van der Waals surface area contributed by atoms with Crippen LogP contribution in [0.1, 0.15) is 17.6 Å². The molecule has 0 fully saturated rings. The first-order valence-electron chi connectivity index (χ1n) is 6.06. The standard InChI is InChI=1S/C12H22N4S2.HI/c1-5-13-12(14-6-7-17-4)16(3)8-11-9-18-10(2)15-11;/h9H,5-8H2,1-4H3,(H,13,14);1H. The molecule has 0 aliphatic carbocycles. The number of nitrogens with one attached hydrogen (secondary N) is 1. The van der Waals surface area contributed by atoms with Crippen LogP contribution in [0.4, 0.5) is 0 Å². The molecule has 0 spiro atoms. The summed E-state index contributed by atoms with van der Waals surface area (Å²) in [6, 6.07) is 0. The molecule has 0 radical (unpaired) electrons. The molecular formula is C12H23IN4S2. The average molecular weight is 414 g/mol. The number of aromatic nitrogens is 1. The summed E-state index contributed by atoms with van der Waals surface area (Å²) < 4.78 is 0. The fourth-order valence-corrected chi connectivity index (χ4v) is 2.39. The highest BCUT2D eigenvalue weighted by molar-refractivity contribution is 14.0. The third-order valence-corrected chi connectivity index (χ3v) is 3.73. The fourth-order valence-electron chi connectivity index (χ4n) is 1.51. The van der Waals surface area contributed by atoms with E-state index in [1.807, 2.05) is 18.7 Å². The van der Waals surface area contributed by atoms with Crippen LogP contribution in [-0.4, -0.2) is 48.0 Å². The van der Waals surface area contributed by atoms with E-state index in [4.69, 9.17) is 0 Å². The van der Waals surface area contributed by atoms with Crippen molar-refractivity contribution < 1.29 is 0 Å². The monoisotopic (exact) mass is 414 g/mol. The molecule has 0 aromatic carbocycles. The van der Waals surface area contributed by atoms with Gasteiger partial charge in [-0.05, 0) is 20.1 Å². The summed E-state index contributed by atoms with van der Waals surface area (Å²) >= 11 is 3.51. The number of halogens is 1. The Labute approximate surface area is 141 Å². The summed E-state index contributed by atoms with van der Waals surface area (Å²) in [6.07, 6.45) is 2.10. The number of hydrogen-bond donors (Lipinski definition) is 1. The van der Waals surface area contributed by atoms with Crippen LogP contribution >= 0.6 is 47.1 Å². The van der Waals surface area contributed by atoms with Crippen molar-refractivity contribution in [3.05, 3.63) is 16.1 Å². The highest BCUT2D eigenvalue weighted by Crippen LogP contribution is 2.09. The normalized spacial score (nSPS) is 11.1. The lowest BCUT2D eigenvalue weighted by Crippen LogP contribution is -2.38. The average Bonchev–Trinajstić information content (AvgIpc) is 2.74. The first-order chi connectivity index (χ1) is 8.67. The van der Waals surface area contributed by atoms with Crippen molar-refractivity contribution >= 4 is 53.0 Å². The minimum absolute atomic E-state index is 0. The molecule has 7 heteroatoms. The lowest BCUT2D eigenvalue weighted by molar-refractivity contribution is 0.471. The number of rotatable bonds is 6. The summed E-state index contributed by atoms with van der Waals surface area (Å²) in [5.41, 5.74) is 1.11. The fraction of sp³-hybridized carbons (Fsp3) is 0.667. The lowest BCUT2D eigenvalue weighted by atomic mass is 10.4. The first-order valence-corrected chi connectivity index (χ1v) is 8.34. The second-order valence-electron chi connectivity index (χ2n) is 3.94. The zero-order valence-electron chi connectivity index (χ0n) is 12.0. The van der Waals surface area contributed by atoms with Crippen molar-refractivity contribution in [3.8, 4) is 0 Å². The first kappa shape index (κ1) is 19.0. The van der Waals surface area contributed by atoms with Crippen molar-refractivity contribution in [1.82, 2.24) is 15.2 Å². The predicted molar refractivity (Wildman–Crippen MR) is 98.1 cm³/mol. The minimum atomic E-state index is 0. The Balaban J connectivity index is 0.00000324. The van der Waals surface area contributed by atoms with Crippen LogP contribution < -0.4 is 5.32 Å². The maximum atomic E-state index is 4.59. The summed E-state index contributed by atoms with van der Waals surface area (Å²) in [5, 5.41) is 6.53. The molecule has 0 aliphatic rings. The van der Waals surface area contributed by atoms with Crippen molar-refractivity contribution in [2.75, 3.05) is 32.1 Å². The Morgan fingerprint density at radius 1 is 1.58 bits per heavy atom. The van der Waals surface area contributed by atoms with Crippen molar-refractivity contribution in [2.24, 2.45) is 4.99 Å². The molecule has 0 aliphatic heterocycles. The Hall–Kier alpha value is -0.0200. The molecule has 1 aromatic rings. The van der Waals surface area contributed by atoms with Gasteiger partial charge in [-0.3, -0.25) is 4.99 Å². The Morgan fingerprint density at radius 3 is 2.84 bits per heavy atom. The Bertz CT molecular complexity index is 382. The van der Waals surface area contributed by atoms with E-state index in [0.717, 1.165) is 42.0 Å². The lowest BCUT2D eigenvalue weighted by Gasteiger charge is -2.21. The Morgan fingerprint density at radius 2 is 2.32 bits per heavy atom. The SMILES string of the molecule is CCNC(=NCCSC)N(C)Cc1csc(C)n1.I. The van der Waals surface area contributed by atoms with Crippen molar-refractivity contribution in [3.63, 3.8) is 0 Å². The van der Waals surface area contributed by atoms with E-state index in [-0.39, 0.29) is 24.0 Å². The molecule has 1 N–H and O–H groups in total. The van der Waals surface area contributed by atoms with E-state index in [0.29, 0.717) is 0 Å². The van der Waals surface area contributed by atoms with E-state index in [9.17, 15) is 0 Å². The molecule has 1 aromatic heterocycles. The molecule has 1 heterocycles. The van der Waals surface area contributed by atoms with Gasteiger partial charge in [0.15, 0.2) is 5.96 Å². The molecule has 110 valence electrons. The van der Waals surface area contributed by atoms with Crippen molar-refractivity contribution in [2.45, 2.75) is 20.4 Å². The van der Waals surface area contributed by atoms with Crippen LogP contribution in [0.15, 0.2) is 10.4 Å². The Kier molecular flexibility index (Phi) is 10.7. The number of guanidine groups is 1. The smallest absolute Gasteiger partial charge is 0.194 e. The molecule has 0 unspecified atom stereocenters. The summed E-state index contributed by atoms with van der Waals surface area (Å²) in [7, 11) is 2.05. The van der Waals surface area contributed by atoms with Gasteiger partial charge in [-0.25, -0.2) is 4.98 Å². The van der Waals surface area contributed by atoms with Crippen LogP contribution in [0.3, 0.4) is 0 Å². The number of thioether (sulfide) groups is 1. The summed E-state index contributed by atoms with van der Waals surface area (Å²) in [6.45, 7) is 6.66. The number of hydrogen-bond acceptors (Lipinski definition) is 4. The van der Waals surface area contributed by atoms with E-state index >= 15 is 0 Å². The number of aliphatic imine (C=N–C) groups is 1. The molecule has 0 saturated heterocycles. The zero-order valence-corrected chi connectivity index (χ0v) is 15.9. The molecule has 19 heavy (non-hydrogen) atoms. The third kappa shape index (κ3) is 7.36. The number of thiazole rings is 1. The van der Waals surface area contributed by atoms with Crippen LogP contribution in [0.5, 0.6) is 0 Å². The van der Waals surface area contributed by atoms with Gasteiger partial charge in [0.1, 0.15) is 0 Å². The van der Waals surface area contributed by atoms with Crippen LogP contribution in [0, 0.1) is 6.92 Å². The van der Waals surface area contributed by atoms with Gasteiger partial charge < -0.3 is 10.2 Å². The molecule has 0 atom stereocenters. The summed E-state index contributed by atoms with van der Waals surface area (Å²) in [5.74, 6) is 2.01. The number of aryl methyl sites for hydroxylation is 1. The highest BCUT2D eigenvalue weighted by atomic mass is 127. The third-order valence-electron chi connectivity index (χ3n) is 2.32. The maximum absolute atomic E-state index is 4.59. The van der Waals surface area contributed by atoms with Gasteiger partial charge in [0.25, 0.3) is 0 Å². The minimum Gasteiger partial charge on any atom is -0.357 e. The van der Waals surface area contributed by atoms with E-state index in [1.54, 1.807) is 11.3 Å².